The van der Waals surface area contributed by atoms with E-state index in [2.05, 4.69) is 26.7 Å². The minimum absolute atomic E-state index is 0.0338. The van der Waals surface area contributed by atoms with E-state index in [1.807, 2.05) is 11.9 Å². The number of rotatable bonds is 2. The zero-order chi connectivity index (χ0) is 16.6. The highest BCUT2D eigenvalue weighted by molar-refractivity contribution is 6.33. The molecule has 0 N–H and O–H groups in total. The second-order valence-electron chi connectivity index (χ2n) is 6.28. The van der Waals surface area contributed by atoms with Crippen LogP contribution in [0.3, 0.4) is 0 Å². The van der Waals surface area contributed by atoms with E-state index in [1.165, 1.54) is 0 Å². The van der Waals surface area contributed by atoms with Crippen molar-refractivity contribution in [3.05, 3.63) is 16.6 Å². The number of anilines is 1. The standard InChI is InChI=1S/C15H21Cl2N5O/c1-10-9-21(12-8-18-15(17)19-13(12)16)6-7-22(10)14(23)11-4-3-5-20(11)2/h8,10-11H,3-7,9H2,1-2H3/t10-,11-/m0/s1. The maximum Gasteiger partial charge on any atom is 0.240 e. The van der Waals surface area contributed by atoms with Gasteiger partial charge in [-0.15, -0.1) is 0 Å². The van der Waals surface area contributed by atoms with Crippen LogP contribution in [0.25, 0.3) is 0 Å². The molecule has 2 atom stereocenters. The Hall–Kier alpha value is -1.11. The highest BCUT2D eigenvalue weighted by Gasteiger charge is 2.36. The topological polar surface area (TPSA) is 52.6 Å². The summed E-state index contributed by atoms with van der Waals surface area (Å²) < 4.78 is 0. The number of carbonyl (C=O) groups excluding carboxylic acids is 1. The van der Waals surface area contributed by atoms with Crippen molar-refractivity contribution in [2.24, 2.45) is 0 Å². The third-order valence-electron chi connectivity index (χ3n) is 4.75. The van der Waals surface area contributed by atoms with Crippen molar-refractivity contribution < 1.29 is 4.79 Å². The lowest BCUT2D eigenvalue weighted by molar-refractivity contribution is -0.138. The highest BCUT2D eigenvalue weighted by atomic mass is 35.5. The number of carbonyl (C=O) groups is 1. The quantitative estimate of drug-likeness (QED) is 0.597. The van der Waals surface area contributed by atoms with Gasteiger partial charge in [0.25, 0.3) is 0 Å². The Morgan fingerprint density at radius 1 is 1.30 bits per heavy atom. The lowest BCUT2D eigenvalue weighted by Crippen LogP contribution is -2.57. The van der Waals surface area contributed by atoms with Gasteiger partial charge >= 0.3 is 0 Å². The molecule has 2 aliphatic heterocycles. The predicted octanol–water partition coefficient (Wildman–Crippen LogP) is 1.91. The Bertz CT molecular complexity index is 599. The van der Waals surface area contributed by atoms with E-state index in [4.69, 9.17) is 23.2 Å². The Kier molecular flexibility index (Phi) is 4.94. The highest BCUT2D eigenvalue weighted by Crippen LogP contribution is 2.27. The van der Waals surface area contributed by atoms with Gasteiger partial charge in [-0.1, -0.05) is 11.6 Å². The Morgan fingerprint density at radius 2 is 2.09 bits per heavy atom. The Morgan fingerprint density at radius 3 is 2.70 bits per heavy atom. The maximum atomic E-state index is 12.8. The molecule has 126 valence electrons. The first-order chi connectivity index (χ1) is 11.0. The number of aromatic nitrogens is 2. The molecule has 23 heavy (non-hydrogen) atoms. The first-order valence-electron chi connectivity index (χ1n) is 7.91. The molecule has 1 aromatic heterocycles. The number of piperazine rings is 1. The van der Waals surface area contributed by atoms with Crippen molar-refractivity contribution in [1.82, 2.24) is 19.8 Å². The molecule has 1 amide bonds. The largest absolute Gasteiger partial charge is 0.364 e. The molecule has 0 aromatic carbocycles. The fourth-order valence-corrected chi connectivity index (χ4v) is 3.89. The molecule has 0 aliphatic carbocycles. The molecule has 1 aromatic rings. The number of amides is 1. The summed E-state index contributed by atoms with van der Waals surface area (Å²) in [4.78, 5) is 27.0. The molecule has 0 radical (unpaired) electrons. The van der Waals surface area contributed by atoms with Crippen LogP contribution in [-0.4, -0.2) is 71.0 Å². The van der Waals surface area contributed by atoms with E-state index >= 15 is 0 Å². The Balaban J connectivity index is 1.68. The smallest absolute Gasteiger partial charge is 0.240 e. The van der Waals surface area contributed by atoms with E-state index in [0.29, 0.717) is 18.2 Å². The van der Waals surface area contributed by atoms with Crippen LogP contribution in [0.15, 0.2) is 6.20 Å². The summed E-state index contributed by atoms with van der Waals surface area (Å²) >= 11 is 11.9. The van der Waals surface area contributed by atoms with Crippen LogP contribution >= 0.6 is 23.2 Å². The molecule has 2 fully saturated rings. The number of halogens is 2. The zero-order valence-corrected chi connectivity index (χ0v) is 14.9. The molecule has 0 saturated carbocycles. The molecule has 0 bridgehead atoms. The van der Waals surface area contributed by atoms with Crippen LogP contribution in [0.4, 0.5) is 5.69 Å². The third-order valence-corrected chi connectivity index (χ3v) is 5.21. The SMILES string of the molecule is C[C@H]1CN(c2cnc(Cl)nc2Cl)CCN1C(=O)[C@@H]1CCCN1C. The lowest BCUT2D eigenvalue weighted by Gasteiger charge is -2.42. The van der Waals surface area contributed by atoms with Crippen LogP contribution < -0.4 is 4.90 Å². The summed E-state index contributed by atoms with van der Waals surface area (Å²) in [7, 11) is 2.03. The van der Waals surface area contributed by atoms with Crippen LogP contribution in [0.2, 0.25) is 10.4 Å². The van der Waals surface area contributed by atoms with E-state index in [1.54, 1.807) is 6.20 Å². The Labute approximate surface area is 146 Å². The van der Waals surface area contributed by atoms with Crippen molar-refractivity contribution in [2.75, 3.05) is 38.1 Å². The van der Waals surface area contributed by atoms with Crippen molar-refractivity contribution in [1.29, 1.82) is 0 Å². The molecule has 0 spiro atoms. The second-order valence-corrected chi connectivity index (χ2v) is 6.98. The summed E-state index contributed by atoms with van der Waals surface area (Å²) in [6, 6.07) is 0.156. The van der Waals surface area contributed by atoms with Gasteiger partial charge in [0, 0.05) is 25.7 Å². The summed E-state index contributed by atoms with van der Waals surface area (Å²) in [6.45, 7) is 5.19. The van der Waals surface area contributed by atoms with Crippen molar-refractivity contribution in [3.8, 4) is 0 Å². The van der Waals surface area contributed by atoms with E-state index < -0.39 is 0 Å². The molecular weight excluding hydrogens is 337 g/mol. The lowest BCUT2D eigenvalue weighted by atomic mass is 10.1. The van der Waals surface area contributed by atoms with Crippen LogP contribution in [0.1, 0.15) is 19.8 Å². The van der Waals surface area contributed by atoms with E-state index in [9.17, 15) is 4.79 Å². The zero-order valence-electron chi connectivity index (χ0n) is 13.4. The molecular formula is C15H21Cl2N5O. The predicted molar refractivity (Wildman–Crippen MR) is 91.1 cm³/mol. The maximum absolute atomic E-state index is 12.8. The average Bonchev–Trinajstić information content (AvgIpc) is 2.92. The summed E-state index contributed by atoms with van der Waals surface area (Å²) in [5.74, 6) is 0.246. The monoisotopic (exact) mass is 357 g/mol. The number of nitrogens with zero attached hydrogens (tertiary/aromatic N) is 5. The number of hydrogen-bond donors (Lipinski definition) is 0. The van der Waals surface area contributed by atoms with Crippen molar-refractivity contribution >= 4 is 34.8 Å². The number of likely N-dealkylation sites (N-methyl/N-ethyl adjacent to an activating group) is 1. The molecule has 8 heteroatoms. The van der Waals surface area contributed by atoms with E-state index in [0.717, 1.165) is 31.6 Å². The molecule has 3 rings (SSSR count). The molecule has 2 aliphatic rings. The third kappa shape index (κ3) is 3.39. The van der Waals surface area contributed by atoms with Crippen LogP contribution in [0, 0.1) is 0 Å². The number of likely N-dealkylation sites (tertiary alicyclic amines) is 1. The van der Waals surface area contributed by atoms with Gasteiger partial charge in [0.2, 0.25) is 11.2 Å². The molecule has 6 nitrogen and oxygen atoms in total. The average molecular weight is 358 g/mol. The summed E-state index contributed by atoms with van der Waals surface area (Å²) in [5, 5.41) is 0.498. The molecule has 3 heterocycles. The van der Waals surface area contributed by atoms with Gasteiger partial charge in [0.15, 0.2) is 5.15 Å². The van der Waals surface area contributed by atoms with Gasteiger partial charge in [0.05, 0.1) is 17.9 Å². The van der Waals surface area contributed by atoms with Crippen LogP contribution in [0.5, 0.6) is 0 Å². The van der Waals surface area contributed by atoms with Crippen LogP contribution in [-0.2, 0) is 4.79 Å². The van der Waals surface area contributed by atoms with Gasteiger partial charge in [-0.3, -0.25) is 9.69 Å². The molecule has 2 saturated heterocycles. The summed E-state index contributed by atoms with van der Waals surface area (Å²) in [5.41, 5.74) is 0.771. The molecule has 0 unspecified atom stereocenters. The first kappa shape index (κ1) is 16.7. The van der Waals surface area contributed by atoms with Crippen molar-refractivity contribution in [3.63, 3.8) is 0 Å². The van der Waals surface area contributed by atoms with Gasteiger partial charge in [-0.2, -0.15) is 0 Å². The van der Waals surface area contributed by atoms with Gasteiger partial charge < -0.3 is 9.80 Å². The normalized spacial score (nSPS) is 25.9. The van der Waals surface area contributed by atoms with Gasteiger partial charge in [-0.25, -0.2) is 9.97 Å². The minimum Gasteiger partial charge on any atom is -0.364 e. The van der Waals surface area contributed by atoms with Gasteiger partial charge in [0.1, 0.15) is 0 Å². The fourth-order valence-electron chi connectivity index (χ4n) is 3.46. The number of hydrogen-bond acceptors (Lipinski definition) is 5. The van der Waals surface area contributed by atoms with E-state index in [-0.39, 0.29) is 23.3 Å². The second kappa shape index (κ2) is 6.79. The van der Waals surface area contributed by atoms with Crippen molar-refractivity contribution in [2.45, 2.75) is 31.8 Å². The fraction of sp³-hybridized carbons (Fsp3) is 0.667. The minimum atomic E-state index is 0.0338. The first-order valence-corrected chi connectivity index (χ1v) is 8.66. The van der Waals surface area contributed by atoms with Gasteiger partial charge in [-0.05, 0) is 45.0 Å². The summed E-state index contributed by atoms with van der Waals surface area (Å²) in [6.07, 6.45) is 3.70.